The zero-order valence-electron chi connectivity index (χ0n) is 26.8. The molecule has 0 radical (unpaired) electrons. The summed E-state index contributed by atoms with van der Waals surface area (Å²) in [6, 6.07) is 58.2. The van der Waals surface area contributed by atoms with E-state index in [0.717, 1.165) is 60.9 Å². The van der Waals surface area contributed by atoms with Gasteiger partial charge < -0.3 is 13.7 Å². The molecule has 8 aromatic carbocycles. The number of nitrogens with zero attached hydrogens (tertiary/aromatic N) is 1. The first-order valence-electron chi connectivity index (χ1n) is 16.8. The van der Waals surface area contributed by atoms with E-state index in [4.69, 9.17) is 8.83 Å². The molecule has 3 aromatic heterocycles. The van der Waals surface area contributed by atoms with Gasteiger partial charge in [0, 0.05) is 42.0 Å². The average molecular weight is 658 g/mol. The summed E-state index contributed by atoms with van der Waals surface area (Å²) in [5.74, 6) is 0. The van der Waals surface area contributed by atoms with E-state index in [9.17, 15) is 0 Å². The molecule has 0 atom stereocenters. The van der Waals surface area contributed by atoms with Crippen LogP contribution in [0.3, 0.4) is 0 Å². The molecule has 234 valence electrons. The first-order chi connectivity index (χ1) is 24.8. The smallest absolute Gasteiger partial charge is 0.159 e. The molecular formula is C46H27NO2S. The average Bonchev–Trinajstić information content (AvgIpc) is 3.87. The lowest BCUT2D eigenvalue weighted by atomic mass is 10.0. The van der Waals surface area contributed by atoms with Crippen LogP contribution < -0.4 is 4.90 Å². The summed E-state index contributed by atoms with van der Waals surface area (Å²) in [4.78, 5) is 2.35. The fourth-order valence-corrected chi connectivity index (χ4v) is 8.99. The van der Waals surface area contributed by atoms with E-state index in [1.54, 1.807) is 0 Å². The molecule has 0 saturated heterocycles. The standard InChI is InChI=1S/C46H27NO2S/c1-2-10-30-27-31(20-19-28(30)9-1)29-21-23-32(24-22-29)47(38-15-7-13-35-33-11-3-5-16-39(33)49-45(35)38)37-14-8-17-40-43(37)44-41(48-40)26-25-36-34-12-4-6-18-42(34)50-46(36)44/h1-27H. The van der Waals surface area contributed by atoms with E-state index in [0.29, 0.717) is 0 Å². The molecule has 0 aliphatic heterocycles. The predicted octanol–water partition coefficient (Wildman–Crippen LogP) is 14.1. The van der Waals surface area contributed by atoms with Gasteiger partial charge in [0.05, 0.1) is 16.8 Å². The Morgan fingerprint density at radius 2 is 1.12 bits per heavy atom. The third-order valence-electron chi connectivity index (χ3n) is 10.1. The van der Waals surface area contributed by atoms with Gasteiger partial charge in [0.2, 0.25) is 0 Å². The van der Waals surface area contributed by atoms with Crippen LogP contribution in [0.5, 0.6) is 0 Å². The molecule has 0 aliphatic carbocycles. The van der Waals surface area contributed by atoms with Gasteiger partial charge in [-0.2, -0.15) is 0 Å². The predicted molar refractivity (Wildman–Crippen MR) is 212 cm³/mol. The van der Waals surface area contributed by atoms with Crippen LogP contribution in [0.15, 0.2) is 173 Å². The summed E-state index contributed by atoms with van der Waals surface area (Å²) < 4.78 is 15.8. The Labute approximate surface area is 290 Å². The summed E-state index contributed by atoms with van der Waals surface area (Å²) >= 11 is 1.83. The van der Waals surface area contributed by atoms with Crippen LogP contribution in [-0.2, 0) is 0 Å². The van der Waals surface area contributed by atoms with Crippen molar-refractivity contribution in [2.75, 3.05) is 4.90 Å². The van der Waals surface area contributed by atoms with Crippen LogP contribution in [0.4, 0.5) is 17.1 Å². The van der Waals surface area contributed by atoms with E-state index < -0.39 is 0 Å². The van der Waals surface area contributed by atoms with E-state index in [1.807, 2.05) is 23.5 Å². The minimum absolute atomic E-state index is 0.851. The summed E-state index contributed by atoms with van der Waals surface area (Å²) in [6.07, 6.45) is 0. The number of hydrogen-bond donors (Lipinski definition) is 0. The SMILES string of the molecule is c1ccc2cc(-c3ccc(N(c4cccc5c4oc4ccccc45)c4cccc5oc6ccc7c8ccccc8sc7c6c45)cc3)ccc2c1. The molecule has 0 aliphatic rings. The normalized spacial score (nSPS) is 12.0. The number of fused-ring (bicyclic) bond motifs is 11. The second-order valence-corrected chi connectivity index (χ2v) is 13.9. The summed E-state index contributed by atoms with van der Waals surface area (Å²) in [6.45, 7) is 0. The third kappa shape index (κ3) is 4.03. The van der Waals surface area contributed by atoms with Crippen molar-refractivity contribution >= 4 is 103 Å². The number of benzene rings is 8. The molecule has 0 bridgehead atoms. The van der Waals surface area contributed by atoms with Crippen molar-refractivity contribution in [3.8, 4) is 11.1 Å². The maximum Gasteiger partial charge on any atom is 0.159 e. The Hall–Kier alpha value is -6.36. The molecule has 3 nitrogen and oxygen atoms in total. The topological polar surface area (TPSA) is 29.5 Å². The lowest BCUT2D eigenvalue weighted by molar-refractivity contribution is 0.668. The largest absolute Gasteiger partial charge is 0.456 e. The molecule has 0 unspecified atom stereocenters. The Balaban J connectivity index is 1.19. The third-order valence-corrected chi connectivity index (χ3v) is 11.3. The van der Waals surface area contributed by atoms with Crippen molar-refractivity contribution in [2.24, 2.45) is 0 Å². The molecule has 0 N–H and O–H groups in total. The maximum absolute atomic E-state index is 6.67. The monoisotopic (exact) mass is 657 g/mol. The molecule has 4 heteroatoms. The van der Waals surface area contributed by atoms with Crippen LogP contribution in [0, 0.1) is 0 Å². The van der Waals surface area contributed by atoms with Crippen molar-refractivity contribution in [1.29, 1.82) is 0 Å². The van der Waals surface area contributed by atoms with Gasteiger partial charge in [-0.05, 0) is 82.6 Å². The molecule has 0 spiro atoms. The number of rotatable bonds is 4. The van der Waals surface area contributed by atoms with Crippen LogP contribution in [0.25, 0.3) is 85.9 Å². The lowest BCUT2D eigenvalue weighted by Crippen LogP contribution is -2.10. The maximum atomic E-state index is 6.67. The number of anilines is 3. The van der Waals surface area contributed by atoms with Crippen molar-refractivity contribution < 1.29 is 8.83 Å². The van der Waals surface area contributed by atoms with Gasteiger partial charge in [-0.15, -0.1) is 11.3 Å². The van der Waals surface area contributed by atoms with Gasteiger partial charge in [-0.25, -0.2) is 0 Å². The van der Waals surface area contributed by atoms with Crippen LogP contribution in [-0.4, -0.2) is 0 Å². The van der Waals surface area contributed by atoms with Gasteiger partial charge in [0.15, 0.2) is 5.58 Å². The van der Waals surface area contributed by atoms with Crippen LogP contribution >= 0.6 is 11.3 Å². The van der Waals surface area contributed by atoms with Crippen molar-refractivity contribution in [3.05, 3.63) is 164 Å². The number of furan rings is 2. The lowest BCUT2D eigenvalue weighted by Gasteiger charge is -2.26. The quantitative estimate of drug-likeness (QED) is 0.189. The molecular weight excluding hydrogens is 631 g/mol. The van der Waals surface area contributed by atoms with E-state index in [2.05, 4.69) is 157 Å². The minimum atomic E-state index is 0.851. The van der Waals surface area contributed by atoms with Crippen molar-refractivity contribution in [3.63, 3.8) is 0 Å². The Bertz CT molecular complexity index is 3110. The highest BCUT2D eigenvalue weighted by molar-refractivity contribution is 7.26. The first-order valence-corrected chi connectivity index (χ1v) is 17.7. The van der Waals surface area contributed by atoms with Gasteiger partial charge >= 0.3 is 0 Å². The molecule has 3 heterocycles. The molecule has 50 heavy (non-hydrogen) atoms. The minimum Gasteiger partial charge on any atom is -0.456 e. The van der Waals surface area contributed by atoms with Crippen LogP contribution in [0.2, 0.25) is 0 Å². The fourth-order valence-electron chi connectivity index (χ4n) is 7.74. The molecule has 11 rings (SSSR count). The Morgan fingerprint density at radius 3 is 2.04 bits per heavy atom. The second kappa shape index (κ2) is 10.6. The van der Waals surface area contributed by atoms with Crippen molar-refractivity contribution in [2.45, 2.75) is 0 Å². The van der Waals surface area contributed by atoms with Gasteiger partial charge in [-0.1, -0.05) is 103 Å². The second-order valence-electron chi connectivity index (χ2n) is 12.9. The molecule has 11 aromatic rings. The van der Waals surface area contributed by atoms with Crippen molar-refractivity contribution in [1.82, 2.24) is 0 Å². The fraction of sp³-hybridized carbons (Fsp3) is 0. The van der Waals surface area contributed by atoms with Gasteiger partial charge in [-0.3, -0.25) is 0 Å². The van der Waals surface area contributed by atoms with E-state index in [-0.39, 0.29) is 0 Å². The number of para-hydroxylation sites is 2. The molecule has 0 saturated carbocycles. The van der Waals surface area contributed by atoms with Crippen LogP contribution in [0.1, 0.15) is 0 Å². The highest BCUT2D eigenvalue weighted by atomic mass is 32.1. The summed E-state index contributed by atoms with van der Waals surface area (Å²) in [5, 5.41) is 9.43. The molecule has 0 fully saturated rings. The number of hydrogen-bond acceptors (Lipinski definition) is 4. The zero-order valence-corrected chi connectivity index (χ0v) is 27.6. The number of thiophene rings is 1. The summed E-state index contributed by atoms with van der Waals surface area (Å²) in [5.41, 5.74) is 8.88. The Morgan fingerprint density at radius 1 is 0.420 bits per heavy atom. The van der Waals surface area contributed by atoms with Gasteiger partial charge in [0.1, 0.15) is 16.7 Å². The Kier molecular flexibility index (Phi) is 5.83. The zero-order chi connectivity index (χ0) is 32.8. The highest BCUT2D eigenvalue weighted by Crippen LogP contribution is 2.49. The summed E-state index contributed by atoms with van der Waals surface area (Å²) in [7, 11) is 0. The highest BCUT2D eigenvalue weighted by Gasteiger charge is 2.24. The van der Waals surface area contributed by atoms with E-state index in [1.165, 1.54) is 42.1 Å². The first kappa shape index (κ1) is 27.6. The van der Waals surface area contributed by atoms with E-state index >= 15 is 0 Å². The van der Waals surface area contributed by atoms with Gasteiger partial charge in [0.25, 0.3) is 0 Å². The molecule has 0 amide bonds.